The highest BCUT2D eigenvalue weighted by Gasteiger charge is 2.47. The Morgan fingerprint density at radius 2 is 1.76 bits per heavy atom. The molecule has 1 saturated heterocycles. The van der Waals surface area contributed by atoms with Gasteiger partial charge in [-0.05, 0) is 93.1 Å². The van der Waals surface area contributed by atoms with E-state index in [1.807, 2.05) is 70.3 Å². The van der Waals surface area contributed by atoms with E-state index in [1.54, 1.807) is 18.2 Å². The molecule has 0 saturated carbocycles. The van der Waals surface area contributed by atoms with Crippen LogP contribution in [0.4, 0.5) is 5.69 Å². The minimum Gasteiger partial charge on any atom is -0.507 e. The summed E-state index contributed by atoms with van der Waals surface area (Å²) in [5.74, 6) is -0.803. The predicted molar refractivity (Wildman–Crippen MR) is 132 cm³/mol. The second kappa shape index (κ2) is 8.87. The van der Waals surface area contributed by atoms with Crippen molar-refractivity contribution >= 4 is 34.5 Å². The lowest BCUT2D eigenvalue weighted by Gasteiger charge is -2.25. The standard InChI is InChI=1S/C27H27NO4S/c1-15(2)32-21-11-9-19(13-18(21)5)25(29)23-24(22-7-6-12-33-22)28(27(31)26(23)30)20-10-8-16(3)17(4)14-20/h6-15,24,29H,1-5H3/b25-23-. The highest BCUT2D eigenvalue weighted by molar-refractivity contribution is 7.10. The molecule has 5 nitrogen and oxygen atoms in total. The molecular weight excluding hydrogens is 434 g/mol. The molecule has 33 heavy (non-hydrogen) atoms. The molecule has 0 radical (unpaired) electrons. The molecule has 0 spiro atoms. The minimum absolute atomic E-state index is 0.0188. The first-order valence-corrected chi connectivity index (χ1v) is 11.8. The first kappa shape index (κ1) is 22.8. The smallest absolute Gasteiger partial charge is 0.300 e. The van der Waals surface area contributed by atoms with Crippen LogP contribution in [0.25, 0.3) is 5.76 Å². The molecule has 1 amide bonds. The third-order valence-electron chi connectivity index (χ3n) is 5.84. The van der Waals surface area contributed by atoms with Crippen LogP contribution < -0.4 is 9.64 Å². The maximum Gasteiger partial charge on any atom is 0.300 e. The second-order valence-corrected chi connectivity index (χ2v) is 9.58. The van der Waals surface area contributed by atoms with Gasteiger partial charge in [-0.3, -0.25) is 14.5 Å². The number of rotatable bonds is 5. The number of thiophene rings is 1. The Kier molecular flexibility index (Phi) is 6.13. The minimum atomic E-state index is -0.695. The molecule has 1 aliphatic rings. The molecule has 6 heteroatoms. The Balaban J connectivity index is 1.86. The SMILES string of the molecule is Cc1ccc(N2C(=O)C(=O)/C(=C(\O)c3ccc(OC(C)C)c(C)c3)C2c2cccs2)cc1C. The lowest BCUT2D eigenvalue weighted by atomic mass is 9.98. The fourth-order valence-corrected chi connectivity index (χ4v) is 4.85. The topological polar surface area (TPSA) is 66.8 Å². The van der Waals surface area contributed by atoms with Gasteiger partial charge in [0, 0.05) is 16.1 Å². The molecule has 4 rings (SSSR count). The van der Waals surface area contributed by atoms with Crippen molar-refractivity contribution in [1.82, 2.24) is 0 Å². The summed E-state index contributed by atoms with van der Waals surface area (Å²) in [5.41, 5.74) is 4.16. The van der Waals surface area contributed by atoms with Gasteiger partial charge in [0.2, 0.25) is 0 Å². The molecule has 0 aliphatic carbocycles. The highest BCUT2D eigenvalue weighted by Crippen LogP contribution is 2.44. The van der Waals surface area contributed by atoms with Crippen molar-refractivity contribution < 1.29 is 19.4 Å². The predicted octanol–water partition coefficient (Wildman–Crippen LogP) is 6.09. The zero-order valence-electron chi connectivity index (χ0n) is 19.4. The van der Waals surface area contributed by atoms with Gasteiger partial charge in [0.15, 0.2) is 0 Å². The van der Waals surface area contributed by atoms with Gasteiger partial charge in [-0.25, -0.2) is 0 Å². The van der Waals surface area contributed by atoms with Crippen molar-refractivity contribution in [2.24, 2.45) is 0 Å². The Hall–Kier alpha value is -3.38. The number of aliphatic hydroxyl groups excluding tert-OH is 1. The van der Waals surface area contributed by atoms with Crippen LogP contribution >= 0.6 is 11.3 Å². The van der Waals surface area contributed by atoms with Gasteiger partial charge in [0.05, 0.1) is 11.7 Å². The van der Waals surface area contributed by atoms with Gasteiger partial charge in [0.1, 0.15) is 17.6 Å². The van der Waals surface area contributed by atoms with Gasteiger partial charge < -0.3 is 9.84 Å². The van der Waals surface area contributed by atoms with Crippen molar-refractivity contribution in [1.29, 1.82) is 0 Å². The van der Waals surface area contributed by atoms with Crippen molar-refractivity contribution in [3.8, 4) is 5.75 Å². The molecule has 2 heterocycles. The number of ketones is 1. The maximum absolute atomic E-state index is 13.2. The van der Waals surface area contributed by atoms with E-state index >= 15 is 0 Å². The number of carbonyl (C=O) groups is 2. The van der Waals surface area contributed by atoms with Crippen LogP contribution in [-0.4, -0.2) is 22.9 Å². The number of hydrogen-bond donors (Lipinski definition) is 1. The number of anilines is 1. The normalized spacial score (nSPS) is 17.8. The molecule has 1 N–H and O–H groups in total. The molecule has 0 bridgehead atoms. The maximum atomic E-state index is 13.2. The van der Waals surface area contributed by atoms with Gasteiger partial charge in [0.25, 0.3) is 11.7 Å². The van der Waals surface area contributed by atoms with Crippen LogP contribution in [0.3, 0.4) is 0 Å². The molecule has 170 valence electrons. The number of Topliss-reactive ketones (excluding diaryl/α,β-unsaturated/α-hetero) is 1. The number of hydrogen-bond acceptors (Lipinski definition) is 5. The lowest BCUT2D eigenvalue weighted by molar-refractivity contribution is -0.132. The van der Waals surface area contributed by atoms with Crippen LogP contribution in [0.1, 0.15) is 47.0 Å². The van der Waals surface area contributed by atoms with Crippen molar-refractivity contribution in [3.63, 3.8) is 0 Å². The summed E-state index contributed by atoms with van der Waals surface area (Å²) in [7, 11) is 0. The zero-order chi connectivity index (χ0) is 23.9. The van der Waals surface area contributed by atoms with Crippen LogP contribution in [0.15, 0.2) is 59.5 Å². The fraction of sp³-hybridized carbons (Fsp3) is 0.259. The zero-order valence-corrected chi connectivity index (χ0v) is 20.2. The average molecular weight is 462 g/mol. The number of aliphatic hydroxyl groups is 1. The molecule has 1 aromatic heterocycles. The number of amides is 1. The van der Waals surface area contributed by atoms with E-state index < -0.39 is 17.7 Å². The molecular formula is C27H27NO4S. The number of carbonyl (C=O) groups excluding carboxylic acids is 2. The largest absolute Gasteiger partial charge is 0.507 e. The highest BCUT2D eigenvalue weighted by atomic mass is 32.1. The van der Waals surface area contributed by atoms with Gasteiger partial charge in [-0.2, -0.15) is 0 Å². The van der Waals surface area contributed by atoms with E-state index in [9.17, 15) is 14.7 Å². The summed E-state index contributed by atoms with van der Waals surface area (Å²) >= 11 is 1.45. The molecule has 3 aromatic rings. The number of benzene rings is 2. The Morgan fingerprint density at radius 1 is 1.00 bits per heavy atom. The van der Waals surface area contributed by atoms with Crippen LogP contribution in [0, 0.1) is 20.8 Å². The Morgan fingerprint density at radius 3 is 2.36 bits per heavy atom. The summed E-state index contributed by atoms with van der Waals surface area (Å²) in [6.45, 7) is 9.75. The van der Waals surface area contributed by atoms with Gasteiger partial charge in [-0.1, -0.05) is 12.1 Å². The monoisotopic (exact) mass is 461 g/mol. The van der Waals surface area contributed by atoms with Crippen molar-refractivity contribution in [2.75, 3.05) is 4.90 Å². The second-order valence-electron chi connectivity index (χ2n) is 8.60. The van der Waals surface area contributed by atoms with E-state index in [1.165, 1.54) is 16.2 Å². The third-order valence-corrected chi connectivity index (χ3v) is 6.76. The summed E-state index contributed by atoms with van der Waals surface area (Å²) in [6.07, 6.45) is 0.0188. The van der Waals surface area contributed by atoms with E-state index in [0.29, 0.717) is 17.0 Å². The van der Waals surface area contributed by atoms with E-state index in [4.69, 9.17) is 4.74 Å². The van der Waals surface area contributed by atoms with Gasteiger partial charge in [-0.15, -0.1) is 11.3 Å². The van der Waals surface area contributed by atoms with Crippen molar-refractivity contribution in [3.05, 3.63) is 86.6 Å². The molecule has 2 aromatic carbocycles. The van der Waals surface area contributed by atoms with E-state index in [2.05, 4.69) is 0 Å². The first-order valence-electron chi connectivity index (χ1n) is 10.9. The number of nitrogens with zero attached hydrogens (tertiary/aromatic N) is 1. The molecule has 1 aliphatic heterocycles. The third kappa shape index (κ3) is 4.18. The summed E-state index contributed by atoms with van der Waals surface area (Å²) in [4.78, 5) is 28.7. The van der Waals surface area contributed by atoms with Crippen LogP contribution in [0.5, 0.6) is 5.75 Å². The molecule has 1 unspecified atom stereocenters. The fourth-order valence-electron chi connectivity index (χ4n) is 4.03. The quantitative estimate of drug-likeness (QED) is 0.284. The number of ether oxygens (including phenoxy) is 1. The average Bonchev–Trinajstić information content (AvgIpc) is 3.38. The van der Waals surface area contributed by atoms with Crippen LogP contribution in [0.2, 0.25) is 0 Å². The first-order chi connectivity index (χ1) is 15.7. The summed E-state index contributed by atoms with van der Waals surface area (Å²) < 4.78 is 5.79. The summed E-state index contributed by atoms with van der Waals surface area (Å²) in [6, 6.07) is 14.0. The molecule has 1 fully saturated rings. The van der Waals surface area contributed by atoms with Crippen molar-refractivity contribution in [2.45, 2.75) is 46.8 Å². The number of aryl methyl sites for hydroxylation is 3. The Labute approximate surface area is 197 Å². The summed E-state index contributed by atoms with van der Waals surface area (Å²) in [5, 5.41) is 13.2. The Bertz CT molecular complexity index is 1260. The van der Waals surface area contributed by atoms with Crippen LogP contribution in [-0.2, 0) is 9.59 Å². The molecule has 1 atom stereocenters. The van der Waals surface area contributed by atoms with E-state index in [-0.39, 0.29) is 17.4 Å². The van der Waals surface area contributed by atoms with Gasteiger partial charge >= 0.3 is 0 Å². The van der Waals surface area contributed by atoms with E-state index in [0.717, 1.165) is 21.6 Å². The lowest BCUT2D eigenvalue weighted by Crippen LogP contribution is -2.29.